The van der Waals surface area contributed by atoms with E-state index >= 15 is 0 Å². The summed E-state index contributed by atoms with van der Waals surface area (Å²) >= 11 is 6.07. The van der Waals surface area contributed by atoms with Crippen LogP contribution in [0.1, 0.15) is 11.1 Å². The van der Waals surface area contributed by atoms with Crippen LogP contribution in [0.25, 0.3) is 0 Å². The molecule has 0 aromatic heterocycles. The van der Waals surface area contributed by atoms with E-state index in [0.29, 0.717) is 0 Å². The number of benzene rings is 1. The SMILES string of the molecule is CSCc1cccc(CS)c1. The first kappa shape index (κ1) is 9.01. The summed E-state index contributed by atoms with van der Waals surface area (Å²) in [6.45, 7) is 0. The van der Waals surface area contributed by atoms with Crippen LogP contribution in [0.4, 0.5) is 0 Å². The highest BCUT2D eigenvalue weighted by Crippen LogP contribution is 2.12. The minimum absolute atomic E-state index is 0.836. The highest BCUT2D eigenvalue weighted by molar-refractivity contribution is 7.97. The van der Waals surface area contributed by atoms with Gasteiger partial charge in [-0.05, 0) is 17.4 Å². The van der Waals surface area contributed by atoms with Gasteiger partial charge in [0.15, 0.2) is 0 Å². The van der Waals surface area contributed by atoms with Crippen LogP contribution in [0, 0.1) is 0 Å². The van der Waals surface area contributed by atoms with Crippen molar-refractivity contribution in [3.05, 3.63) is 35.4 Å². The molecule has 0 N–H and O–H groups in total. The van der Waals surface area contributed by atoms with E-state index in [1.807, 2.05) is 11.8 Å². The maximum atomic E-state index is 4.22. The molecule has 0 amide bonds. The zero-order valence-electron chi connectivity index (χ0n) is 6.58. The topological polar surface area (TPSA) is 0 Å². The molecule has 0 atom stereocenters. The van der Waals surface area contributed by atoms with Gasteiger partial charge >= 0.3 is 0 Å². The Hall–Kier alpha value is -0.0800. The van der Waals surface area contributed by atoms with Crippen molar-refractivity contribution in [3.63, 3.8) is 0 Å². The summed E-state index contributed by atoms with van der Waals surface area (Å²) in [5.74, 6) is 1.93. The second-order valence-electron chi connectivity index (χ2n) is 2.41. The van der Waals surface area contributed by atoms with E-state index in [4.69, 9.17) is 0 Å². The van der Waals surface area contributed by atoms with Gasteiger partial charge in [0.2, 0.25) is 0 Å². The molecule has 0 unspecified atom stereocenters. The fourth-order valence-corrected chi connectivity index (χ4v) is 1.69. The first-order valence-electron chi connectivity index (χ1n) is 3.54. The second kappa shape index (κ2) is 4.73. The summed E-state index contributed by atoms with van der Waals surface area (Å²) in [5.41, 5.74) is 2.70. The van der Waals surface area contributed by atoms with Crippen molar-refractivity contribution in [1.82, 2.24) is 0 Å². The molecule has 60 valence electrons. The third-order valence-electron chi connectivity index (χ3n) is 1.48. The molecule has 0 spiro atoms. The lowest BCUT2D eigenvalue weighted by molar-refractivity contribution is 1.34. The Kier molecular flexibility index (Phi) is 3.87. The lowest BCUT2D eigenvalue weighted by Crippen LogP contribution is -1.82. The normalized spacial score (nSPS) is 10.0. The first-order valence-corrected chi connectivity index (χ1v) is 5.57. The number of rotatable bonds is 3. The van der Waals surface area contributed by atoms with Gasteiger partial charge in [-0.3, -0.25) is 0 Å². The average Bonchev–Trinajstić information content (AvgIpc) is 2.06. The third kappa shape index (κ3) is 2.80. The highest BCUT2D eigenvalue weighted by atomic mass is 32.2. The van der Waals surface area contributed by atoms with Gasteiger partial charge in [0.25, 0.3) is 0 Å². The van der Waals surface area contributed by atoms with Crippen molar-refractivity contribution in [1.29, 1.82) is 0 Å². The van der Waals surface area contributed by atoms with Gasteiger partial charge in [-0.25, -0.2) is 0 Å². The van der Waals surface area contributed by atoms with Gasteiger partial charge in [-0.2, -0.15) is 24.4 Å². The van der Waals surface area contributed by atoms with Crippen LogP contribution in [0.15, 0.2) is 24.3 Å². The number of hydrogen-bond donors (Lipinski definition) is 1. The average molecular weight is 184 g/mol. The summed E-state index contributed by atoms with van der Waals surface area (Å²) in [6.07, 6.45) is 2.12. The van der Waals surface area contributed by atoms with E-state index in [0.717, 1.165) is 11.5 Å². The molecule has 1 aromatic rings. The second-order valence-corrected chi connectivity index (χ2v) is 3.59. The van der Waals surface area contributed by atoms with Gasteiger partial charge in [-0.1, -0.05) is 24.3 Å². The fraction of sp³-hybridized carbons (Fsp3) is 0.333. The van der Waals surface area contributed by atoms with Crippen LogP contribution in [-0.2, 0) is 11.5 Å². The monoisotopic (exact) mass is 184 g/mol. The predicted octanol–water partition coefficient (Wildman–Crippen LogP) is 2.98. The quantitative estimate of drug-likeness (QED) is 0.705. The molecule has 1 aromatic carbocycles. The van der Waals surface area contributed by atoms with Gasteiger partial charge in [0, 0.05) is 11.5 Å². The van der Waals surface area contributed by atoms with Gasteiger partial charge in [0.05, 0.1) is 0 Å². The molecule has 0 heterocycles. The minimum atomic E-state index is 0.836. The lowest BCUT2D eigenvalue weighted by Gasteiger charge is -2.00. The van der Waals surface area contributed by atoms with Gasteiger partial charge < -0.3 is 0 Å². The molecule has 0 saturated carbocycles. The van der Waals surface area contributed by atoms with Crippen molar-refractivity contribution in [2.24, 2.45) is 0 Å². The Labute approximate surface area is 77.8 Å². The molecular weight excluding hydrogens is 172 g/mol. The maximum Gasteiger partial charge on any atom is 0.0181 e. The summed E-state index contributed by atoms with van der Waals surface area (Å²) in [5, 5.41) is 0. The Morgan fingerprint density at radius 1 is 1.36 bits per heavy atom. The van der Waals surface area contributed by atoms with Crippen LogP contribution < -0.4 is 0 Å². The van der Waals surface area contributed by atoms with Gasteiger partial charge in [0.1, 0.15) is 0 Å². The molecular formula is C9H12S2. The van der Waals surface area contributed by atoms with Crippen LogP contribution >= 0.6 is 24.4 Å². The minimum Gasteiger partial charge on any atom is -0.175 e. The molecule has 0 aliphatic heterocycles. The van der Waals surface area contributed by atoms with Crippen molar-refractivity contribution >= 4 is 24.4 Å². The van der Waals surface area contributed by atoms with Crippen molar-refractivity contribution in [2.45, 2.75) is 11.5 Å². The Morgan fingerprint density at radius 3 is 2.73 bits per heavy atom. The molecule has 0 radical (unpaired) electrons. The smallest absolute Gasteiger partial charge is 0.0181 e. The molecule has 0 nitrogen and oxygen atoms in total. The van der Waals surface area contributed by atoms with E-state index in [1.54, 1.807) is 0 Å². The summed E-state index contributed by atoms with van der Waals surface area (Å²) in [4.78, 5) is 0. The molecule has 0 aliphatic carbocycles. The van der Waals surface area contributed by atoms with Crippen molar-refractivity contribution < 1.29 is 0 Å². The van der Waals surface area contributed by atoms with E-state index < -0.39 is 0 Å². The van der Waals surface area contributed by atoms with Crippen LogP contribution in [0.2, 0.25) is 0 Å². The lowest BCUT2D eigenvalue weighted by atomic mass is 10.2. The Morgan fingerprint density at radius 2 is 2.09 bits per heavy atom. The van der Waals surface area contributed by atoms with Crippen molar-refractivity contribution in [3.8, 4) is 0 Å². The summed E-state index contributed by atoms with van der Waals surface area (Å²) in [6, 6.07) is 8.57. The van der Waals surface area contributed by atoms with Crippen molar-refractivity contribution in [2.75, 3.05) is 6.26 Å². The predicted molar refractivity (Wildman–Crippen MR) is 56.4 cm³/mol. The van der Waals surface area contributed by atoms with E-state index in [2.05, 4.69) is 43.2 Å². The van der Waals surface area contributed by atoms with Gasteiger partial charge in [-0.15, -0.1) is 0 Å². The molecule has 11 heavy (non-hydrogen) atoms. The number of thioether (sulfide) groups is 1. The first-order chi connectivity index (χ1) is 5.36. The molecule has 0 aliphatic rings. The number of thiol groups is 1. The van der Waals surface area contributed by atoms with E-state index in [9.17, 15) is 0 Å². The summed E-state index contributed by atoms with van der Waals surface area (Å²) < 4.78 is 0. The molecule has 1 rings (SSSR count). The van der Waals surface area contributed by atoms with Crippen LogP contribution in [-0.4, -0.2) is 6.26 Å². The van der Waals surface area contributed by atoms with E-state index in [1.165, 1.54) is 11.1 Å². The van der Waals surface area contributed by atoms with E-state index in [-0.39, 0.29) is 0 Å². The zero-order chi connectivity index (χ0) is 8.10. The standard InChI is InChI=1S/C9H12S2/c1-11-7-9-4-2-3-8(5-9)6-10/h2-5,10H,6-7H2,1H3. The maximum absolute atomic E-state index is 4.22. The molecule has 0 saturated heterocycles. The largest absolute Gasteiger partial charge is 0.175 e. The fourth-order valence-electron chi connectivity index (χ4n) is 0.984. The third-order valence-corrected chi connectivity index (χ3v) is 2.47. The summed E-state index contributed by atoms with van der Waals surface area (Å²) in [7, 11) is 0. The van der Waals surface area contributed by atoms with Crippen LogP contribution in [0.3, 0.4) is 0 Å². The molecule has 0 fully saturated rings. The molecule has 0 bridgehead atoms. The molecule has 2 heteroatoms. The van der Waals surface area contributed by atoms with Crippen LogP contribution in [0.5, 0.6) is 0 Å². The Balaban J connectivity index is 2.74. The zero-order valence-corrected chi connectivity index (χ0v) is 8.29. The highest BCUT2D eigenvalue weighted by Gasteiger charge is 1.92. The number of hydrogen-bond acceptors (Lipinski definition) is 2. The Bertz CT molecular complexity index is 221.